The van der Waals surface area contributed by atoms with Crippen molar-refractivity contribution in [2.75, 3.05) is 21.1 Å². The SMILES string of the molecule is CCC(=O)n1cc(CN(C)SN(C)C)c2ccc(-c3ccncc3)cc21. The highest BCUT2D eigenvalue weighted by atomic mass is 32.2. The number of fused-ring (bicyclic) bond motifs is 1. The van der Waals surface area contributed by atoms with Gasteiger partial charge in [-0.15, -0.1) is 0 Å². The zero-order valence-electron chi connectivity index (χ0n) is 15.6. The average Bonchev–Trinajstić information content (AvgIpc) is 2.99. The Morgan fingerprint density at radius 2 is 1.85 bits per heavy atom. The molecule has 26 heavy (non-hydrogen) atoms. The van der Waals surface area contributed by atoms with Crippen molar-refractivity contribution in [1.29, 1.82) is 0 Å². The summed E-state index contributed by atoms with van der Waals surface area (Å²) in [6.07, 6.45) is 6.04. The van der Waals surface area contributed by atoms with Crippen molar-refractivity contribution in [3.63, 3.8) is 0 Å². The third-order valence-corrected chi connectivity index (χ3v) is 4.90. The molecule has 1 aromatic carbocycles. The summed E-state index contributed by atoms with van der Waals surface area (Å²) in [5.74, 6) is 0.107. The van der Waals surface area contributed by atoms with Crippen LogP contribution in [0.2, 0.25) is 0 Å². The minimum atomic E-state index is 0.107. The fourth-order valence-corrected chi connectivity index (χ4v) is 3.83. The van der Waals surface area contributed by atoms with Crippen LogP contribution >= 0.6 is 12.1 Å². The van der Waals surface area contributed by atoms with Gasteiger partial charge in [-0.05, 0) is 56.0 Å². The third-order valence-electron chi connectivity index (χ3n) is 4.17. The van der Waals surface area contributed by atoms with Gasteiger partial charge in [-0.2, -0.15) is 0 Å². The summed E-state index contributed by atoms with van der Waals surface area (Å²) in [6.45, 7) is 2.66. The van der Waals surface area contributed by atoms with Crippen molar-refractivity contribution < 1.29 is 4.79 Å². The lowest BCUT2D eigenvalue weighted by atomic mass is 10.0. The first-order valence-corrected chi connectivity index (χ1v) is 9.36. The van der Waals surface area contributed by atoms with E-state index in [0.29, 0.717) is 6.42 Å². The van der Waals surface area contributed by atoms with Gasteiger partial charge in [0.2, 0.25) is 5.91 Å². The average molecular weight is 369 g/mol. The number of hydrogen-bond acceptors (Lipinski definition) is 5. The molecule has 0 aliphatic rings. The van der Waals surface area contributed by atoms with E-state index in [2.05, 4.69) is 38.8 Å². The molecule has 0 spiro atoms. The predicted molar refractivity (Wildman–Crippen MR) is 109 cm³/mol. The molecule has 0 saturated carbocycles. The number of hydrogen-bond donors (Lipinski definition) is 0. The maximum Gasteiger partial charge on any atom is 0.230 e. The van der Waals surface area contributed by atoms with Gasteiger partial charge < -0.3 is 0 Å². The Morgan fingerprint density at radius 1 is 1.12 bits per heavy atom. The van der Waals surface area contributed by atoms with Crippen molar-refractivity contribution in [1.82, 2.24) is 18.2 Å². The monoisotopic (exact) mass is 368 g/mol. The predicted octanol–water partition coefficient (Wildman–Crippen LogP) is 4.31. The summed E-state index contributed by atoms with van der Waals surface area (Å²) in [6, 6.07) is 10.3. The molecular weight excluding hydrogens is 344 g/mol. The minimum Gasteiger partial charge on any atom is -0.287 e. The first kappa shape index (κ1) is 18.6. The normalized spacial score (nSPS) is 11.6. The van der Waals surface area contributed by atoms with E-state index >= 15 is 0 Å². The fraction of sp³-hybridized carbons (Fsp3) is 0.300. The van der Waals surface area contributed by atoms with E-state index in [9.17, 15) is 4.79 Å². The molecule has 0 saturated heterocycles. The topological polar surface area (TPSA) is 41.4 Å². The summed E-state index contributed by atoms with van der Waals surface area (Å²) in [7, 11) is 6.10. The van der Waals surface area contributed by atoms with Gasteiger partial charge in [-0.25, -0.2) is 8.61 Å². The second kappa shape index (κ2) is 8.03. The number of benzene rings is 1. The van der Waals surface area contributed by atoms with Crippen LogP contribution in [-0.4, -0.2) is 45.2 Å². The molecule has 0 aliphatic heterocycles. The zero-order chi connectivity index (χ0) is 18.7. The Morgan fingerprint density at radius 3 is 2.50 bits per heavy atom. The van der Waals surface area contributed by atoms with Crippen LogP contribution in [0.25, 0.3) is 22.0 Å². The number of pyridine rings is 1. The first-order chi connectivity index (χ1) is 12.5. The van der Waals surface area contributed by atoms with Crippen LogP contribution in [0.1, 0.15) is 23.7 Å². The molecule has 0 N–H and O–H groups in total. The van der Waals surface area contributed by atoms with E-state index in [1.54, 1.807) is 29.1 Å². The van der Waals surface area contributed by atoms with Crippen molar-refractivity contribution in [2.24, 2.45) is 0 Å². The van der Waals surface area contributed by atoms with E-state index in [4.69, 9.17) is 0 Å². The maximum atomic E-state index is 12.5. The molecule has 0 amide bonds. The van der Waals surface area contributed by atoms with E-state index in [-0.39, 0.29) is 5.91 Å². The van der Waals surface area contributed by atoms with Crippen LogP contribution in [0.3, 0.4) is 0 Å². The Labute approximate surface area is 158 Å². The van der Waals surface area contributed by atoms with Crippen molar-refractivity contribution in [3.05, 3.63) is 54.5 Å². The molecule has 0 unspecified atom stereocenters. The maximum absolute atomic E-state index is 12.5. The van der Waals surface area contributed by atoms with Crippen LogP contribution in [0.5, 0.6) is 0 Å². The zero-order valence-corrected chi connectivity index (χ0v) is 16.5. The lowest BCUT2D eigenvalue weighted by molar-refractivity contribution is 0.0914. The second-order valence-electron chi connectivity index (χ2n) is 6.42. The lowest BCUT2D eigenvalue weighted by Crippen LogP contribution is -2.15. The van der Waals surface area contributed by atoms with Crippen LogP contribution in [-0.2, 0) is 6.54 Å². The summed E-state index contributed by atoms with van der Waals surface area (Å²) >= 11 is 1.65. The summed E-state index contributed by atoms with van der Waals surface area (Å²) < 4.78 is 6.01. The quantitative estimate of drug-likeness (QED) is 0.607. The highest BCUT2D eigenvalue weighted by Gasteiger charge is 2.15. The molecule has 2 aromatic heterocycles. The number of carbonyl (C=O) groups excluding carboxylic acids is 1. The highest BCUT2D eigenvalue weighted by Crippen LogP contribution is 2.29. The van der Waals surface area contributed by atoms with Gasteiger partial charge in [-0.3, -0.25) is 14.3 Å². The molecule has 0 fully saturated rings. The second-order valence-corrected chi connectivity index (χ2v) is 7.94. The molecule has 0 bridgehead atoms. The van der Waals surface area contributed by atoms with E-state index in [1.807, 2.05) is 39.3 Å². The molecule has 0 aliphatic carbocycles. The number of nitrogens with zero attached hydrogens (tertiary/aromatic N) is 4. The molecular formula is C20H24N4OS. The molecule has 3 rings (SSSR count). The van der Waals surface area contributed by atoms with Gasteiger partial charge in [0.15, 0.2) is 0 Å². The third kappa shape index (κ3) is 3.98. The molecule has 0 atom stereocenters. The fourth-order valence-electron chi connectivity index (χ4n) is 3.07. The minimum absolute atomic E-state index is 0.107. The largest absolute Gasteiger partial charge is 0.287 e. The lowest BCUT2D eigenvalue weighted by Gasteiger charge is -2.18. The van der Waals surface area contributed by atoms with Gasteiger partial charge in [0.1, 0.15) is 0 Å². The summed E-state index contributed by atoms with van der Waals surface area (Å²) in [4.78, 5) is 16.6. The molecule has 5 nitrogen and oxygen atoms in total. The first-order valence-electron chi connectivity index (χ1n) is 8.63. The van der Waals surface area contributed by atoms with Gasteiger partial charge in [0.05, 0.1) is 5.52 Å². The molecule has 3 aromatic rings. The van der Waals surface area contributed by atoms with Crippen molar-refractivity contribution in [3.8, 4) is 11.1 Å². The Bertz CT molecular complexity index is 905. The van der Waals surface area contributed by atoms with E-state index in [0.717, 1.165) is 34.1 Å². The number of aromatic nitrogens is 2. The van der Waals surface area contributed by atoms with Gasteiger partial charge in [0.25, 0.3) is 0 Å². The van der Waals surface area contributed by atoms with Crippen LogP contribution in [0, 0.1) is 0 Å². The van der Waals surface area contributed by atoms with Gasteiger partial charge in [0, 0.05) is 49.1 Å². The number of carbonyl (C=O) groups is 1. The van der Waals surface area contributed by atoms with Crippen LogP contribution in [0.4, 0.5) is 0 Å². The Hall–Kier alpha value is -2.15. The molecule has 0 radical (unpaired) electrons. The summed E-state index contributed by atoms with van der Waals surface area (Å²) in [5, 5.41) is 1.12. The molecule has 136 valence electrons. The molecule has 6 heteroatoms. The Kier molecular flexibility index (Phi) is 5.76. The van der Waals surface area contributed by atoms with E-state index < -0.39 is 0 Å². The van der Waals surface area contributed by atoms with Crippen LogP contribution in [0.15, 0.2) is 48.9 Å². The molecule has 2 heterocycles. The van der Waals surface area contributed by atoms with Crippen molar-refractivity contribution in [2.45, 2.75) is 19.9 Å². The standard InChI is InChI=1S/C20H24N4OS/c1-5-20(25)24-14-17(13-23(4)26-22(2)3)18-7-6-16(12-19(18)24)15-8-10-21-11-9-15/h6-12,14H,5,13H2,1-4H3. The number of rotatable bonds is 6. The Balaban J connectivity index is 2.06. The highest BCUT2D eigenvalue weighted by molar-refractivity contribution is 7.94. The van der Waals surface area contributed by atoms with Crippen molar-refractivity contribution >= 4 is 28.9 Å². The summed E-state index contributed by atoms with van der Waals surface area (Å²) in [5.41, 5.74) is 4.30. The van der Waals surface area contributed by atoms with E-state index in [1.165, 1.54) is 0 Å². The smallest absolute Gasteiger partial charge is 0.230 e. The van der Waals surface area contributed by atoms with Gasteiger partial charge >= 0.3 is 0 Å². The van der Waals surface area contributed by atoms with Crippen LogP contribution < -0.4 is 0 Å². The van der Waals surface area contributed by atoms with Gasteiger partial charge in [-0.1, -0.05) is 19.1 Å².